The van der Waals surface area contributed by atoms with E-state index in [9.17, 15) is 4.79 Å². The minimum absolute atomic E-state index is 0.0375. The van der Waals surface area contributed by atoms with Gasteiger partial charge in [-0.1, -0.05) is 11.6 Å². The van der Waals surface area contributed by atoms with Gasteiger partial charge in [0.2, 0.25) is 0 Å². The molecule has 0 spiro atoms. The van der Waals surface area contributed by atoms with Crippen molar-refractivity contribution in [2.45, 2.75) is 43.4 Å². The summed E-state index contributed by atoms with van der Waals surface area (Å²) in [5, 5.41) is 0.888. The summed E-state index contributed by atoms with van der Waals surface area (Å²) >= 11 is 12.1. The minimum Gasteiger partial charge on any atom is -0.462 e. The Morgan fingerprint density at radius 1 is 1.33 bits per heavy atom. The molecular weight excluding hydrogens is 345 g/mol. The summed E-state index contributed by atoms with van der Waals surface area (Å²) in [7, 11) is 0. The van der Waals surface area contributed by atoms with E-state index < -0.39 is 4.33 Å². The van der Waals surface area contributed by atoms with Gasteiger partial charge in [-0.15, -0.1) is 23.2 Å². The number of aryl methyl sites for hydroxylation is 2. The summed E-state index contributed by atoms with van der Waals surface area (Å²) in [6.45, 7) is 2.30. The molecule has 5 heteroatoms. The van der Waals surface area contributed by atoms with Crippen molar-refractivity contribution in [1.29, 1.82) is 0 Å². The van der Waals surface area contributed by atoms with Crippen LogP contribution in [-0.2, 0) is 17.6 Å². The number of ether oxygens (including phenoxy) is 1. The number of esters is 1. The van der Waals surface area contributed by atoms with E-state index in [-0.39, 0.29) is 18.5 Å². The molecule has 1 heterocycles. The van der Waals surface area contributed by atoms with E-state index in [2.05, 4.69) is 0 Å². The molecule has 0 radical (unpaired) electrons. The van der Waals surface area contributed by atoms with Crippen molar-refractivity contribution in [3.05, 3.63) is 40.6 Å². The van der Waals surface area contributed by atoms with E-state index in [1.54, 1.807) is 0 Å². The third kappa shape index (κ3) is 2.89. The molecule has 1 aromatic heterocycles. The van der Waals surface area contributed by atoms with Crippen LogP contribution in [0.1, 0.15) is 46.4 Å². The zero-order chi connectivity index (χ0) is 16.9. The van der Waals surface area contributed by atoms with Crippen molar-refractivity contribution < 1.29 is 9.53 Å². The van der Waals surface area contributed by atoms with Crippen LogP contribution in [0.2, 0.25) is 0 Å². The maximum atomic E-state index is 12.8. The van der Waals surface area contributed by atoms with Crippen molar-refractivity contribution in [3.8, 4) is 0 Å². The first-order valence-corrected chi connectivity index (χ1v) is 9.18. The lowest BCUT2D eigenvalue weighted by molar-refractivity contribution is 0.0486. The van der Waals surface area contributed by atoms with E-state index in [1.165, 1.54) is 0 Å². The van der Waals surface area contributed by atoms with E-state index in [0.29, 0.717) is 12.0 Å². The summed E-state index contributed by atoms with van der Waals surface area (Å²) in [4.78, 5) is 17.6. The molecule has 0 amide bonds. The topological polar surface area (TPSA) is 39.2 Å². The summed E-state index contributed by atoms with van der Waals surface area (Å²) in [5.74, 6) is -0.238. The first-order chi connectivity index (χ1) is 11.5. The van der Waals surface area contributed by atoms with Gasteiger partial charge in [-0.25, -0.2) is 4.79 Å². The Hall–Kier alpha value is -1.32. The molecule has 126 valence electrons. The fourth-order valence-electron chi connectivity index (χ4n) is 3.47. The number of halogens is 2. The number of hydrogen-bond donors (Lipinski definition) is 0. The van der Waals surface area contributed by atoms with Gasteiger partial charge < -0.3 is 4.74 Å². The standard InChI is InChI=1S/C19H19Cl2NO2/c1-11-6-7-16-14(8-11)17(13-4-2-3-5-15(13)22-16)18(23)24-10-12-9-19(12,20)21/h6-8,12H,2-5,9-10H2,1H3/t12-/m0/s1. The highest BCUT2D eigenvalue weighted by atomic mass is 35.5. The SMILES string of the molecule is Cc1ccc2nc3c(c(C(=O)OC[C@@H]4CC4(Cl)Cl)c2c1)CCCC3. The first kappa shape index (κ1) is 16.2. The van der Waals surface area contributed by atoms with Crippen molar-refractivity contribution in [2.24, 2.45) is 5.92 Å². The second-order valence-corrected chi connectivity index (χ2v) is 8.44. The van der Waals surface area contributed by atoms with Crippen molar-refractivity contribution in [3.63, 3.8) is 0 Å². The molecule has 0 saturated heterocycles. The van der Waals surface area contributed by atoms with Gasteiger partial charge in [0.25, 0.3) is 0 Å². The van der Waals surface area contributed by atoms with Gasteiger partial charge >= 0.3 is 5.97 Å². The normalized spacial score (nSPS) is 21.4. The summed E-state index contributed by atoms with van der Waals surface area (Å²) in [6, 6.07) is 6.04. The second-order valence-electron chi connectivity index (χ2n) is 6.90. The fourth-order valence-corrected chi connectivity index (χ4v) is 3.97. The van der Waals surface area contributed by atoms with Gasteiger partial charge in [-0.2, -0.15) is 0 Å². The predicted molar refractivity (Wildman–Crippen MR) is 95.9 cm³/mol. The Morgan fingerprint density at radius 3 is 2.83 bits per heavy atom. The number of fused-ring (bicyclic) bond motifs is 2. The van der Waals surface area contributed by atoms with Crippen molar-refractivity contribution >= 4 is 40.1 Å². The van der Waals surface area contributed by atoms with Crippen LogP contribution < -0.4 is 0 Å². The maximum absolute atomic E-state index is 12.8. The third-order valence-corrected chi connectivity index (χ3v) is 5.92. The van der Waals surface area contributed by atoms with Crippen molar-refractivity contribution in [1.82, 2.24) is 4.98 Å². The number of carbonyl (C=O) groups excluding carboxylic acids is 1. The van der Waals surface area contributed by atoms with Gasteiger partial charge in [0.05, 0.1) is 17.7 Å². The van der Waals surface area contributed by atoms with Gasteiger partial charge in [0.1, 0.15) is 4.33 Å². The summed E-state index contributed by atoms with van der Waals surface area (Å²) in [5.41, 5.74) is 4.76. The van der Waals surface area contributed by atoms with Gasteiger partial charge in [0.15, 0.2) is 0 Å². The van der Waals surface area contributed by atoms with E-state index in [4.69, 9.17) is 32.9 Å². The number of aromatic nitrogens is 1. The molecule has 2 aliphatic carbocycles. The van der Waals surface area contributed by atoms with Crippen LogP contribution >= 0.6 is 23.2 Å². The Morgan fingerprint density at radius 2 is 2.08 bits per heavy atom. The van der Waals surface area contributed by atoms with Crippen LogP contribution in [0.3, 0.4) is 0 Å². The maximum Gasteiger partial charge on any atom is 0.339 e. The van der Waals surface area contributed by atoms with E-state index in [1.807, 2.05) is 25.1 Å². The monoisotopic (exact) mass is 363 g/mol. The first-order valence-electron chi connectivity index (χ1n) is 8.43. The Balaban J connectivity index is 1.74. The molecule has 0 bridgehead atoms. The van der Waals surface area contributed by atoms with E-state index in [0.717, 1.165) is 53.4 Å². The molecule has 0 unspecified atom stereocenters. The molecule has 2 aromatic rings. The van der Waals surface area contributed by atoms with E-state index >= 15 is 0 Å². The van der Waals surface area contributed by atoms with Gasteiger partial charge in [0, 0.05) is 17.0 Å². The quantitative estimate of drug-likeness (QED) is 0.582. The zero-order valence-electron chi connectivity index (χ0n) is 13.6. The summed E-state index contributed by atoms with van der Waals surface area (Å²) in [6.07, 6.45) is 4.69. The minimum atomic E-state index is -0.726. The number of rotatable bonds is 3. The third-order valence-electron chi connectivity index (χ3n) is 4.99. The van der Waals surface area contributed by atoms with Crippen LogP contribution in [0, 0.1) is 12.8 Å². The molecular formula is C19H19Cl2NO2. The molecule has 0 aliphatic heterocycles. The fraction of sp³-hybridized carbons (Fsp3) is 0.474. The molecule has 2 aliphatic rings. The van der Waals surface area contributed by atoms with Crippen molar-refractivity contribution in [2.75, 3.05) is 6.61 Å². The molecule has 1 aromatic carbocycles. The molecule has 1 saturated carbocycles. The number of nitrogens with zero attached hydrogens (tertiary/aromatic N) is 1. The number of alkyl halides is 2. The highest BCUT2D eigenvalue weighted by Crippen LogP contribution is 2.53. The number of hydrogen-bond acceptors (Lipinski definition) is 3. The smallest absolute Gasteiger partial charge is 0.339 e. The average molecular weight is 364 g/mol. The molecule has 1 atom stereocenters. The highest BCUT2D eigenvalue weighted by molar-refractivity contribution is 6.50. The average Bonchev–Trinajstić information content (AvgIpc) is 3.17. The molecule has 0 N–H and O–H groups in total. The van der Waals surface area contributed by atoms with Gasteiger partial charge in [-0.05, 0) is 56.7 Å². The lowest BCUT2D eigenvalue weighted by Gasteiger charge is -2.20. The summed E-state index contributed by atoms with van der Waals surface area (Å²) < 4.78 is 4.84. The van der Waals surface area contributed by atoms with Crippen LogP contribution in [0.15, 0.2) is 18.2 Å². The lowest BCUT2D eigenvalue weighted by Crippen LogP contribution is -2.17. The largest absolute Gasteiger partial charge is 0.462 e. The molecule has 4 rings (SSSR count). The molecule has 3 nitrogen and oxygen atoms in total. The number of pyridine rings is 1. The molecule has 1 fully saturated rings. The second kappa shape index (κ2) is 5.89. The van der Waals surface area contributed by atoms with Crippen LogP contribution in [-0.4, -0.2) is 21.9 Å². The van der Waals surface area contributed by atoms with Crippen LogP contribution in [0.5, 0.6) is 0 Å². The lowest BCUT2D eigenvalue weighted by atomic mass is 9.89. The number of carbonyl (C=O) groups is 1. The highest BCUT2D eigenvalue weighted by Gasteiger charge is 2.52. The van der Waals surface area contributed by atoms with Crippen LogP contribution in [0.25, 0.3) is 10.9 Å². The van der Waals surface area contributed by atoms with Crippen LogP contribution in [0.4, 0.5) is 0 Å². The molecule has 24 heavy (non-hydrogen) atoms. The zero-order valence-corrected chi connectivity index (χ0v) is 15.1. The Bertz CT molecular complexity index is 832. The number of benzene rings is 1. The Labute approximate surface area is 151 Å². The Kier molecular flexibility index (Phi) is 3.97. The predicted octanol–water partition coefficient (Wildman–Crippen LogP) is 4.77. The van der Waals surface area contributed by atoms with Gasteiger partial charge in [-0.3, -0.25) is 4.98 Å².